The minimum atomic E-state index is -0.381. The largest absolute Gasteiger partial charge is 0.493 e. The maximum Gasteiger partial charge on any atom is 0.203 e. The fraction of sp³-hybridized carbons (Fsp3) is 0.375. The van der Waals surface area contributed by atoms with Crippen LogP contribution < -0.4 is 14.2 Å². The summed E-state index contributed by atoms with van der Waals surface area (Å²) < 4.78 is 21.6. The predicted molar refractivity (Wildman–Crippen MR) is 81.9 cm³/mol. The highest BCUT2D eigenvalue weighted by molar-refractivity contribution is 6.23. The first kappa shape index (κ1) is 15.6. The van der Waals surface area contributed by atoms with Crippen LogP contribution in [0.15, 0.2) is 28.9 Å². The molecule has 0 aliphatic heterocycles. The van der Waals surface area contributed by atoms with Crippen LogP contribution in [0, 0.1) is 0 Å². The van der Waals surface area contributed by atoms with Crippen molar-refractivity contribution in [2.75, 3.05) is 21.3 Å². The van der Waals surface area contributed by atoms with E-state index in [2.05, 4.69) is 0 Å². The molecule has 0 amide bonds. The summed E-state index contributed by atoms with van der Waals surface area (Å²) in [5, 5.41) is -0.381. The van der Waals surface area contributed by atoms with Crippen molar-refractivity contribution in [2.24, 2.45) is 0 Å². The number of hydrogen-bond donors (Lipinski definition) is 0. The van der Waals surface area contributed by atoms with Gasteiger partial charge >= 0.3 is 0 Å². The van der Waals surface area contributed by atoms with E-state index in [0.717, 1.165) is 23.3 Å². The summed E-state index contributed by atoms with van der Waals surface area (Å²) in [5.74, 6) is 2.57. The Morgan fingerprint density at radius 1 is 1.00 bits per heavy atom. The average molecular weight is 311 g/mol. The zero-order valence-electron chi connectivity index (χ0n) is 12.6. The van der Waals surface area contributed by atoms with E-state index in [1.165, 1.54) is 0 Å². The van der Waals surface area contributed by atoms with Crippen molar-refractivity contribution in [1.29, 1.82) is 0 Å². The van der Waals surface area contributed by atoms with Gasteiger partial charge in [0.05, 0.1) is 33.0 Å². The Balaban J connectivity index is 2.53. The first-order chi connectivity index (χ1) is 10.2. The third-order valence-corrected chi connectivity index (χ3v) is 3.85. The molecule has 0 bridgehead atoms. The van der Waals surface area contributed by atoms with E-state index in [4.69, 9.17) is 30.2 Å². The van der Waals surface area contributed by atoms with Gasteiger partial charge in [-0.1, -0.05) is 6.92 Å². The van der Waals surface area contributed by atoms with Gasteiger partial charge in [0.2, 0.25) is 5.75 Å². The van der Waals surface area contributed by atoms with Crippen molar-refractivity contribution in [3.8, 4) is 17.2 Å². The molecule has 0 fully saturated rings. The van der Waals surface area contributed by atoms with E-state index in [1.807, 2.05) is 25.1 Å². The lowest BCUT2D eigenvalue weighted by Gasteiger charge is -2.18. The molecule has 0 saturated heterocycles. The van der Waals surface area contributed by atoms with Gasteiger partial charge in [-0.3, -0.25) is 0 Å². The lowest BCUT2D eigenvalue weighted by molar-refractivity contribution is 0.322. The summed E-state index contributed by atoms with van der Waals surface area (Å²) in [6.45, 7) is 2.03. The molecule has 1 aromatic heterocycles. The molecular weight excluding hydrogens is 292 g/mol. The van der Waals surface area contributed by atoms with Gasteiger partial charge in [0.1, 0.15) is 5.76 Å². The molecule has 2 rings (SSSR count). The van der Waals surface area contributed by atoms with E-state index in [1.54, 1.807) is 27.6 Å². The van der Waals surface area contributed by atoms with E-state index in [-0.39, 0.29) is 5.38 Å². The SMILES string of the molecule is CCc1occc1C(Cl)c1ccc(OC)c(OC)c1OC. The minimum Gasteiger partial charge on any atom is -0.493 e. The Hall–Kier alpha value is -1.81. The molecule has 21 heavy (non-hydrogen) atoms. The molecule has 0 spiro atoms. The second kappa shape index (κ2) is 6.76. The Bertz CT molecular complexity index is 606. The van der Waals surface area contributed by atoms with Crippen molar-refractivity contribution in [3.05, 3.63) is 41.3 Å². The Labute approximate surface area is 129 Å². The molecule has 1 heterocycles. The second-order valence-corrected chi connectivity index (χ2v) is 4.88. The third-order valence-electron chi connectivity index (χ3n) is 3.38. The molecule has 0 radical (unpaired) electrons. The summed E-state index contributed by atoms with van der Waals surface area (Å²) >= 11 is 6.63. The zero-order chi connectivity index (χ0) is 15.4. The molecule has 2 aromatic rings. The van der Waals surface area contributed by atoms with Gasteiger partial charge in [0.15, 0.2) is 11.5 Å². The highest BCUT2D eigenvalue weighted by atomic mass is 35.5. The standard InChI is InChI=1S/C16H19ClO4/c1-5-12-10(8-9-21-12)14(17)11-6-7-13(18-2)16(20-4)15(11)19-3/h6-9,14H,5H2,1-4H3. The molecule has 0 aliphatic rings. The van der Waals surface area contributed by atoms with Crippen LogP contribution in [0.1, 0.15) is 29.2 Å². The number of furan rings is 1. The van der Waals surface area contributed by atoms with Crippen LogP contribution in [-0.2, 0) is 6.42 Å². The van der Waals surface area contributed by atoms with Crippen molar-refractivity contribution in [1.82, 2.24) is 0 Å². The first-order valence-corrected chi connectivity index (χ1v) is 7.10. The lowest BCUT2D eigenvalue weighted by Crippen LogP contribution is -2.02. The number of hydrogen-bond acceptors (Lipinski definition) is 4. The molecule has 114 valence electrons. The number of benzene rings is 1. The highest BCUT2D eigenvalue weighted by Crippen LogP contribution is 2.46. The fourth-order valence-electron chi connectivity index (χ4n) is 2.36. The van der Waals surface area contributed by atoms with Gasteiger partial charge < -0.3 is 18.6 Å². The molecule has 1 aromatic carbocycles. The molecule has 5 heteroatoms. The number of rotatable bonds is 6. The van der Waals surface area contributed by atoms with Crippen molar-refractivity contribution < 1.29 is 18.6 Å². The van der Waals surface area contributed by atoms with E-state index in [9.17, 15) is 0 Å². The van der Waals surface area contributed by atoms with Gasteiger partial charge in [-0.15, -0.1) is 11.6 Å². The van der Waals surface area contributed by atoms with Gasteiger partial charge in [-0.2, -0.15) is 0 Å². The summed E-state index contributed by atoms with van der Waals surface area (Å²) in [6, 6.07) is 5.58. The molecular formula is C16H19ClO4. The monoisotopic (exact) mass is 310 g/mol. The van der Waals surface area contributed by atoms with Crippen LogP contribution in [0.3, 0.4) is 0 Å². The van der Waals surface area contributed by atoms with Crippen LogP contribution in [0.25, 0.3) is 0 Å². The van der Waals surface area contributed by atoms with Crippen LogP contribution >= 0.6 is 11.6 Å². The number of aryl methyl sites for hydroxylation is 1. The summed E-state index contributed by atoms with van der Waals surface area (Å²) in [7, 11) is 4.74. The molecule has 0 aliphatic carbocycles. The van der Waals surface area contributed by atoms with Crippen LogP contribution in [0.5, 0.6) is 17.2 Å². The number of halogens is 1. The number of ether oxygens (including phenoxy) is 3. The van der Waals surface area contributed by atoms with Crippen molar-refractivity contribution >= 4 is 11.6 Å². The first-order valence-electron chi connectivity index (χ1n) is 6.67. The Morgan fingerprint density at radius 2 is 1.71 bits per heavy atom. The minimum absolute atomic E-state index is 0.381. The quantitative estimate of drug-likeness (QED) is 0.750. The number of methoxy groups -OCH3 is 3. The summed E-state index contributed by atoms with van der Waals surface area (Å²) in [4.78, 5) is 0. The number of alkyl halides is 1. The van der Waals surface area contributed by atoms with Gasteiger partial charge in [0.25, 0.3) is 0 Å². The van der Waals surface area contributed by atoms with Crippen LogP contribution in [0.2, 0.25) is 0 Å². The van der Waals surface area contributed by atoms with Gasteiger partial charge in [-0.25, -0.2) is 0 Å². The highest BCUT2D eigenvalue weighted by Gasteiger charge is 2.24. The molecule has 1 unspecified atom stereocenters. The van der Waals surface area contributed by atoms with Gasteiger partial charge in [-0.05, 0) is 18.2 Å². The summed E-state index contributed by atoms with van der Waals surface area (Å²) in [6.07, 6.45) is 2.43. The predicted octanol–water partition coefficient (Wildman–Crippen LogP) is 4.20. The van der Waals surface area contributed by atoms with Crippen molar-refractivity contribution in [2.45, 2.75) is 18.7 Å². The zero-order valence-corrected chi connectivity index (χ0v) is 13.4. The fourth-order valence-corrected chi connectivity index (χ4v) is 2.72. The van der Waals surface area contributed by atoms with Crippen molar-refractivity contribution in [3.63, 3.8) is 0 Å². The maximum atomic E-state index is 6.63. The lowest BCUT2D eigenvalue weighted by atomic mass is 10.0. The van der Waals surface area contributed by atoms with E-state index >= 15 is 0 Å². The molecule has 0 saturated carbocycles. The van der Waals surface area contributed by atoms with E-state index < -0.39 is 0 Å². The average Bonchev–Trinajstić information content (AvgIpc) is 3.00. The topological polar surface area (TPSA) is 40.8 Å². The second-order valence-electron chi connectivity index (χ2n) is 4.44. The van der Waals surface area contributed by atoms with Crippen LogP contribution in [-0.4, -0.2) is 21.3 Å². The third kappa shape index (κ3) is 2.81. The Morgan fingerprint density at radius 3 is 2.29 bits per heavy atom. The smallest absolute Gasteiger partial charge is 0.203 e. The molecule has 1 atom stereocenters. The normalized spacial score (nSPS) is 12.0. The van der Waals surface area contributed by atoms with Gasteiger partial charge in [0, 0.05) is 17.5 Å². The molecule has 0 N–H and O–H groups in total. The maximum absolute atomic E-state index is 6.63. The Kier molecular flexibility index (Phi) is 5.02. The summed E-state index contributed by atoms with van der Waals surface area (Å²) in [5.41, 5.74) is 1.75. The van der Waals surface area contributed by atoms with Crippen LogP contribution in [0.4, 0.5) is 0 Å². The van der Waals surface area contributed by atoms with E-state index in [0.29, 0.717) is 17.2 Å². The molecule has 4 nitrogen and oxygen atoms in total.